The number of rotatable bonds is 5. The Bertz CT molecular complexity index is 892. The lowest BCUT2D eigenvalue weighted by molar-refractivity contribution is 0.347. The number of halogens is 2. The van der Waals surface area contributed by atoms with Crippen molar-refractivity contribution in [2.75, 3.05) is 32.5 Å². The highest BCUT2D eigenvalue weighted by atomic mass is 35.5. The number of hydrogen-bond donors (Lipinski definition) is 2. The minimum absolute atomic E-state index is 0. The number of phenols is 1. The number of aryl methyl sites for hydroxylation is 2. The molecule has 7 heteroatoms. The standard InChI is InChI=1S/C19H26N4O.2ClH/c1-12(11-22(3)4)9-20-19-17-15-8-14(24)6-7-16(15)23(5)18(17)13(2)10-21-19;;/h6-8,10,12,24H,9,11H2,1-5H3,(H,20,21);2*1H. The van der Waals surface area contributed by atoms with Crippen LogP contribution in [0.4, 0.5) is 5.82 Å². The van der Waals surface area contributed by atoms with Crippen molar-refractivity contribution < 1.29 is 5.11 Å². The van der Waals surface area contributed by atoms with E-state index in [-0.39, 0.29) is 30.6 Å². The van der Waals surface area contributed by atoms with Crippen molar-refractivity contribution >= 4 is 52.4 Å². The van der Waals surface area contributed by atoms with Gasteiger partial charge in [0.15, 0.2) is 0 Å². The molecule has 1 atom stereocenters. The third-order valence-corrected chi connectivity index (χ3v) is 4.48. The van der Waals surface area contributed by atoms with Crippen LogP contribution in [0.5, 0.6) is 5.75 Å². The molecule has 2 N–H and O–H groups in total. The van der Waals surface area contributed by atoms with Crippen LogP contribution in [0.25, 0.3) is 21.8 Å². The van der Waals surface area contributed by atoms with Crippen LogP contribution in [0.2, 0.25) is 0 Å². The molecule has 1 aromatic carbocycles. The number of aromatic nitrogens is 2. The van der Waals surface area contributed by atoms with Gasteiger partial charge in [-0.15, -0.1) is 24.8 Å². The molecule has 3 aromatic rings. The Balaban J connectivity index is 0.00000169. The highest BCUT2D eigenvalue weighted by molar-refractivity contribution is 6.14. The van der Waals surface area contributed by atoms with E-state index < -0.39 is 0 Å². The number of anilines is 1. The molecule has 3 rings (SSSR count). The van der Waals surface area contributed by atoms with E-state index >= 15 is 0 Å². The molecule has 26 heavy (non-hydrogen) atoms. The maximum absolute atomic E-state index is 9.92. The number of aromatic hydroxyl groups is 1. The van der Waals surface area contributed by atoms with Crippen molar-refractivity contribution in [2.24, 2.45) is 13.0 Å². The smallest absolute Gasteiger partial charge is 0.136 e. The maximum Gasteiger partial charge on any atom is 0.136 e. The monoisotopic (exact) mass is 398 g/mol. The van der Waals surface area contributed by atoms with Gasteiger partial charge in [-0.3, -0.25) is 0 Å². The van der Waals surface area contributed by atoms with E-state index in [0.29, 0.717) is 5.92 Å². The fourth-order valence-electron chi connectivity index (χ4n) is 3.51. The average molecular weight is 399 g/mol. The number of benzene rings is 1. The summed E-state index contributed by atoms with van der Waals surface area (Å²) in [7, 11) is 6.24. The van der Waals surface area contributed by atoms with Gasteiger partial charge in [0.2, 0.25) is 0 Å². The lowest BCUT2D eigenvalue weighted by Gasteiger charge is -2.18. The summed E-state index contributed by atoms with van der Waals surface area (Å²) in [6.07, 6.45) is 1.92. The maximum atomic E-state index is 9.92. The van der Waals surface area contributed by atoms with Crippen molar-refractivity contribution in [1.82, 2.24) is 14.5 Å². The predicted molar refractivity (Wildman–Crippen MR) is 115 cm³/mol. The van der Waals surface area contributed by atoms with E-state index in [1.807, 2.05) is 18.3 Å². The van der Waals surface area contributed by atoms with Gasteiger partial charge in [0.1, 0.15) is 11.6 Å². The first kappa shape index (κ1) is 22.4. The van der Waals surface area contributed by atoms with Crippen LogP contribution in [0.3, 0.4) is 0 Å². The van der Waals surface area contributed by atoms with Gasteiger partial charge < -0.3 is 19.9 Å². The number of nitrogens with one attached hydrogen (secondary N) is 1. The lowest BCUT2D eigenvalue weighted by Crippen LogP contribution is -2.25. The fourth-order valence-corrected chi connectivity index (χ4v) is 3.51. The first-order valence-corrected chi connectivity index (χ1v) is 8.33. The molecule has 2 heterocycles. The number of pyridine rings is 1. The van der Waals surface area contributed by atoms with E-state index in [0.717, 1.165) is 46.3 Å². The number of hydrogen-bond acceptors (Lipinski definition) is 4. The molecule has 144 valence electrons. The molecular weight excluding hydrogens is 371 g/mol. The second-order valence-corrected chi connectivity index (χ2v) is 7.02. The zero-order valence-corrected chi connectivity index (χ0v) is 17.5. The third-order valence-electron chi connectivity index (χ3n) is 4.48. The van der Waals surface area contributed by atoms with Crippen molar-refractivity contribution in [3.63, 3.8) is 0 Å². The van der Waals surface area contributed by atoms with Crippen molar-refractivity contribution in [3.05, 3.63) is 30.0 Å². The van der Waals surface area contributed by atoms with Crippen molar-refractivity contribution in [1.29, 1.82) is 0 Å². The highest BCUT2D eigenvalue weighted by Gasteiger charge is 2.16. The van der Waals surface area contributed by atoms with Crippen LogP contribution in [0.1, 0.15) is 12.5 Å². The Labute approximate surface area is 167 Å². The summed E-state index contributed by atoms with van der Waals surface area (Å²) in [6, 6.07) is 5.52. The molecule has 0 saturated carbocycles. The zero-order chi connectivity index (χ0) is 17.4. The number of fused-ring (bicyclic) bond motifs is 3. The fraction of sp³-hybridized carbons (Fsp3) is 0.421. The van der Waals surface area contributed by atoms with Crippen LogP contribution in [0.15, 0.2) is 24.4 Å². The Morgan fingerprint density at radius 2 is 1.96 bits per heavy atom. The van der Waals surface area contributed by atoms with Crippen molar-refractivity contribution in [2.45, 2.75) is 13.8 Å². The summed E-state index contributed by atoms with van der Waals surface area (Å²) >= 11 is 0. The summed E-state index contributed by atoms with van der Waals surface area (Å²) in [5.74, 6) is 1.68. The minimum atomic E-state index is 0. The molecule has 5 nitrogen and oxygen atoms in total. The predicted octanol–water partition coefficient (Wildman–Crippen LogP) is 4.19. The van der Waals surface area contributed by atoms with Gasteiger partial charge in [-0.05, 0) is 50.7 Å². The van der Waals surface area contributed by atoms with Crippen LogP contribution in [-0.2, 0) is 7.05 Å². The molecule has 0 fully saturated rings. The van der Waals surface area contributed by atoms with E-state index in [2.05, 4.69) is 54.8 Å². The summed E-state index contributed by atoms with van der Waals surface area (Å²) in [5.41, 5.74) is 3.40. The zero-order valence-electron chi connectivity index (χ0n) is 15.9. The number of phenolic OH excluding ortho intramolecular Hbond substituents is 1. The molecule has 0 aliphatic heterocycles. The van der Waals surface area contributed by atoms with Crippen LogP contribution in [0, 0.1) is 12.8 Å². The molecule has 0 aliphatic rings. The molecule has 2 aromatic heterocycles. The molecule has 0 radical (unpaired) electrons. The third kappa shape index (κ3) is 4.17. The Kier molecular flexibility index (Phi) is 7.57. The molecule has 1 unspecified atom stereocenters. The van der Waals surface area contributed by atoms with E-state index in [1.54, 1.807) is 6.07 Å². The summed E-state index contributed by atoms with van der Waals surface area (Å²) in [4.78, 5) is 6.83. The van der Waals surface area contributed by atoms with E-state index in [4.69, 9.17) is 0 Å². The van der Waals surface area contributed by atoms with Crippen molar-refractivity contribution in [3.8, 4) is 5.75 Å². The second-order valence-electron chi connectivity index (χ2n) is 7.02. The Hall–Kier alpha value is -1.69. The molecular formula is C19H28Cl2N4O. The van der Waals surface area contributed by atoms with Gasteiger partial charge >= 0.3 is 0 Å². The SMILES string of the molecule is Cc1cnc(NCC(C)CN(C)C)c2c3cc(O)ccc3n(C)c12.Cl.Cl. The quantitative estimate of drug-likeness (QED) is 0.676. The molecule has 0 aliphatic carbocycles. The molecule has 0 amide bonds. The lowest BCUT2D eigenvalue weighted by atomic mass is 10.1. The number of nitrogens with zero attached hydrogens (tertiary/aromatic N) is 3. The summed E-state index contributed by atoms with van der Waals surface area (Å²) in [5, 5.41) is 15.6. The first-order valence-electron chi connectivity index (χ1n) is 8.33. The Morgan fingerprint density at radius 3 is 2.62 bits per heavy atom. The molecule has 0 bridgehead atoms. The molecule has 0 spiro atoms. The van der Waals surface area contributed by atoms with Gasteiger partial charge in [0, 0.05) is 37.2 Å². The largest absolute Gasteiger partial charge is 0.508 e. The highest BCUT2D eigenvalue weighted by Crippen LogP contribution is 2.35. The average Bonchev–Trinajstić information content (AvgIpc) is 2.80. The molecule has 0 saturated heterocycles. The van der Waals surface area contributed by atoms with Crippen LogP contribution >= 0.6 is 24.8 Å². The first-order chi connectivity index (χ1) is 11.4. The summed E-state index contributed by atoms with van der Waals surface area (Å²) < 4.78 is 2.18. The van der Waals surface area contributed by atoms with Gasteiger partial charge in [0.05, 0.1) is 10.9 Å². The summed E-state index contributed by atoms with van der Waals surface area (Å²) in [6.45, 7) is 6.19. The minimum Gasteiger partial charge on any atom is -0.508 e. The van der Waals surface area contributed by atoms with E-state index in [1.165, 1.54) is 0 Å². The van der Waals surface area contributed by atoms with Gasteiger partial charge in [-0.25, -0.2) is 4.98 Å². The van der Waals surface area contributed by atoms with Crippen LogP contribution in [-0.4, -0.2) is 46.7 Å². The van der Waals surface area contributed by atoms with Gasteiger partial charge in [-0.2, -0.15) is 0 Å². The van der Waals surface area contributed by atoms with E-state index in [9.17, 15) is 5.11 Å². The normalized spacial score (nSPS) is 12.1. The topological polar surface area (TPSA) is 53.3 Å². The van der Waals surface area contributed by atoms with Gasteiger partial charge in [-0.1, -0.05) is 6.92 Å². The Morgan fingerprint density at radius 1 is 1.27 bits per heavy atom. The van der Waals surface area contributed by atoms with Crippen LogP contribution < -0.4 is 5.32 Å². The second kappa shape index (κ2) is 8.80. The van der Waals surface area contributed by atoms with Gasteiger partial charge in [0.25, 0.3) is 0 Å².